The number of nitrogens with zero attached hydrogens (tertiary/aromatic N) is 4. The number of piperazine rings is 1. The first-order valence-corrected chi connectivity index (χ1v) is 15.2. The highest BCUT2D eigenvalue weighted by Crippen LogP contribution is 2.31. The molecule has 5 rings (SSSR count). The summed E-state index contributed by atoms with van der Waals surface area (Å²) >= 11 is 0. The number of esters is 1. The van der Waals surface area contributed by atoms with Gasteiger partial charge in [0.05, 0.1) is 0 Å². The summed E-state index contributed by atoms with van der Waals surface area (Å²) in [6.07, 6.45) is 4.39. The molecule has 3 amide bonds. The van der Waals surface area contributed by atoms with Gasteiger partial charge in [0, 0.05) is 63.4 Å². The molecular formula is C31H45N5O5. The Morgan fingerprint density at radius 3 is 2.39 bits per heavy atom. The van der Waals surface area contributed by atoms with Gasteiger partial charge in [0.25, 0.3) is 5.91 Å². The minimum atomic E-state index is -0.580. The second kappa shape index (κ2) is 12.5. The van der Waals surface area contributed by atoms with Crippen LogP contribution in [-0.2, 0) is 25.7 Å². The fourth-order valence-corrected chi connectivity index (χ4v) is 6.54. The molecule has 4 heterocycles. The van der Waals surface area contributed by atoms with Crippen molar-refractivity contribution in [2.24, 2.45) is 5.92 Å². The van der Waals surface area contributed by atoms with E-state index in [-0.39, 0.29) is 30.1 Å². The number of carbonyl (C=O) groups is 4. The zero-order chi connectivity index (χ0) is 29.1. The molecule has 1 unspecified atom stereocenters. The van der Waals surface area contributed by atoms with Crippen molar-refractivity contribution in [3.8, 4) is 0 Å². The Kier molecular flexibility index (Phi) is 8.99. The van der Waals surface area contributed by atoms with Crippen molar-refractivity contribution in [3.05, 3.63) is 29.3 Å². The molecule has 4 aliphatic heterocycles. The van der Waals surface area contributed by atoms with Gasteiger partial charge in [-0.25, -0.2) is 0 Å². The molecule has 41 heavy (non-hydrogen) atoms. The number of hydrogen-bond acceptors (Lipinski definition) is 8. The average molecular weight is 568 g/mol. The molecule has 10 heteroatoms. The van der Waals surface area contributed by atoms with Gasteiger partial charge >= 0.3 is 5.97 Å². The Bertz CT molecular complexity index is 1150. The first kappa shape index (κ1) is 29.5. The van der Waals surface area contributed by atoms with E-state index in [1.807, 2.05) is 32.9 Å². The lowest BCUT2D eigenvalue weighted by Gasteiger charge is -2.39. The van der Waals surface area contributed by atoms with Crippen LogP contribution < -0.4 is 10.2 Å². The molecular weight excluding hydrogens is 522 g/mol. The number of hydrogen-bond donors (Lipinski definition) is 1. The minimum absolute atomic E-state index is 0.103. The molecule has 0 aliphatic carbocycles. The highest BCUT2D eigenvalue weighted by molar-refractivity contribution is 6.05. The fourth-order valence-electron chi connectivity index (χ4n) is 6.54. The molecule has 1 aromatic rings. The maximum absolute atomic E-state index is 13.0. The number of fused-ring (bicyclic) bond motifs is 1. The lowest BCUT2D eigenvalue weighted by Crippen LogP contribution is -2.52. The number of benzene rings is 1. The molecule has 0 radical (unpaired) electrons. The van der Waals surface area contributed by atoms with Crippen LogP contribution in [0.1, 0.15) is 75.2 Å². The van der Waals surface area contributed by atoms with E-state index in [0.29, 0.717) is 30.9 Å². The normalized spacial score (nSPS) is 23.1. The predicted molar refractivity (Wildman–Crippen MR) is 155 cm³/mol. The molecule has 4 aliphatic rings. The number of anilines is 1. The third-order valence-corrected chi connectivity index (χ3v) is 8.74. The maximum Gasteiger partial charge on any atom is 0.306 e. The van der Waals surface area contributed by atoms with E-state index in [0.717, 1.165) is 70.0 Å². The first-order chi connectivity index (χ1) is 19.6. The van der Waals surface area contributed by atoms with Gasteiger partial charge in [0.2, 0.25) is 11.8 Å². The monoisotopic (exact) mass is 567 g/mol. The Morgan fingerprint density at radius 2 is 1.71 bits per heavy atom. The number of ether oxygens (including phenoxy) is 1. The van der Waals surface area contributed by atoms with Gasteiger partial charge in [-0.15, -0.1) is 0 Å². The van der Waals surface area contributed by atoms with Gasteiger partial charge in [0.1, 0.15) is 11.6 Å². The van der Waals surface area contributed by atoms with E-state index in [4.69, 9.17) is 4.74 Å². The summed E-state index contributed by atoms with van der Waals surface area (Å²) in [5.41, 5.74) is 2.33. The summed E-state index contributed by atoms with van der Waals surface area (Å²) in [5, 5.41) is 2.37. The van der Waals surface area contributed by atoms with Crippen molar-refractivity contribution in [2.75, 3.05) is 57.3 Å². The Morgan fingerprint density at radius 1 is 0.976 bits per heavy atom. The molecule has 10 nitrogen and oxygen atoms in total. The highest BCUT2D eigenvalue weighted by atomic mass is 16.6. The molecule has 1 atom stereocenters. The number of amides is 3. The lowest BCUT2D eigenvalue weighted by atomic mass is 9.95. The number of nitrogens with one attached hydrogen (secondary N) is 1. The highest BCUT2D eigenvalue weighted by Gasteiger charge is 2.39. The van der Waals surface area contributed by atoms with E-state index in [2.05, 4.69) is 26.1 Å². The van der Waals surface area contributed by atoms with Crippen LogP contribution >= 0.6 is 0 Å². The minimum Gasteiger partial charge on any atom is -0.460 e. The lowest BCUT2D eigenvalue weighted by molar-refractivity contribution is -0.155. The molecule has 1 aromatic carbocycles. The third-order valence-electron chi connectivity index (χ3n) is 8.74. The second-order valence-corrected chi connectivity index (χ2v) is 13.0. The summed E-state index contributed by atoms with van der Waals surface area (Å²) in [6.45, 7) is 14.4. The summed E-state index contributed by atoms with van der Waals surface area (Å²) < 4.78 is 5.42. The van der Waals surface area contributed by atoms with Gasteiger partial charge in [-0.1, -0.05) is 0 Å². The molecule has 0 bridgehead atoms. The fraction of sp³-hybridized carbons (Fsp3) is 0.677. The number of piperidine rings is 2. The van der Waals surface area contributed by atoms with Crippen LogP contribution in [0, 0.1) is 5.92 Å². The zero-order valence-electron chi connectivity index (χ0n) is 24.8. The Balaban J connectivity index is 1.03. The smallest absolute Gasteiger partial charge is 0.306 e. The summed E-state index contributed by atoms with van der Waals surface area (Å²) in [5.74, 6) is -0.154. The van der Waals surface area contributed by atoms with Gasteiger partial charge in [0.15, 0.2) is 0 Å². The zero-order valence-corrected chi connectivity index (χ0v) is 24.8. The van der Waals surface area contributed by atoms with Crippen LogP contribution in [-0.4, -0.2) is 102 Å². The number of carbonyl (C=O) groups excluding carboxylic acids is 4. The molecule has 224 valence electrons. The van der Waals surface area contributed by atoms with Gasteiger partial charge in [-0.3, -0.25) is 29.4 Å². The number of likely N-dealkylation sites (tertiary alicyclic amines) is 1. The largest absolute Gasteiger partial charge is 0.460 e. The van der Waals surface area contributed by atoms with Crippen molar-refractivity contribution in [2.45, 2.75) is 77.5 Å². The summed E-state index contributed by atoms with van der Waals surface area (Å²) in [4.78, 5) is 57.9. The van der Waals surface area contributed by atoms with Crippen LogP contribution in [0.15, 0.2) is 18.2 Å². The van der Waals surface area contributed by atoms with E-state index < -0.39 is 11.6 Å². The van der Waals surface area contributed by atoms with Crippen molar-refractivity contribution in [3.63, 3.8) is 0 Å². The van der Waals surface area contributed by atoms with Crippen molar-refractivity contribution in [1.82, 2.24) is 20.0 Å². The topological polar surface area (TPSA) is 102 Å². The van der Waals surface area contributed by atoms with Crippen molar-refractivity contribution in [1.29, 1.82) is 0 Å². The Hall–Kier alpha value is -2.98. The van der Waals surface area contributed by atoms with Gasteiger partial charge < -0.3 is 19.4 Å². The number of rotatable bonds is 8. The van der Waals surface area contributed by atoms with Crippen LogP contribution in [0.5, 0.6) is 0 Å². The van der Waals surface area contributed by atoms with Gasteiger partial charge in [-0.05, 0) is 95.8 Å². The average Bonchev–Trinajstić information content (AvgIpc) is 3.24. The first-order valence-electron chi connectivity index (χ1n) is 15.2. The molecule has 3 saturated heterocycles. The third kappa shape index (κ3) is 7.46. The van der Waals surface area contributed by atoms with Crippen molar-refractivity contribution < 1.29 is 23.9 Å². The molecule has 1 N–H and O–H groups in total. The molecule has 3 fully saturated rings. The van der Waals surface area contributed by atoms with Crippen LogP contribution in [0.25, 0.3) is 0 Å². The molecule has 0 saturated carbocycles. The van der Waals surface area contributed by atoms with Crippen LogP contribution in [0.3, 0.4) is 0 Å². The van der Waals surface area contributed by atoms with E-state index in [9.17, 15) is 19.2 Å². The molecule has 0 spiro atoms. The maximum atomic E-state index is 13.0. The summed E-state index contributed by atoms with van der Waals surface area (Å²) in [7, 11) is 0. The van der Waals surface area contributed by atoms with Gasteiger partial charge in [-0.2, -0.15) is 0 Å². The number of imide groups is 1. The van der Waals surface area contributed by atoms with E-state index >= 15 is 0 Å². The SMILES string of the molecule is CC(C)(C)OC(=O)CCCN1CCC(CN2CCN(c3ccc4c(c3)CN(C3CCC(=O)NC3=O)C4=O)CC2)CC1. The van der Waals surface area contributed by atoms with Crippen LogP contribution in [0.2, 0.25) is 0 Å². The van der Waals surface area contributed by atoms with Crippen molar-refractivity contribution >= 4 is 29.4 Å². The predicted octanol–water partition coefficient (Wildman–Crippen LogP) is 2.40. The standard InChI is InChI=1S/C31H45N5O5/c1-31(2,3)41-28(38)5-4-12-33-13-10-22(11-14-33)20-34-15-17-35(18-16-34)24-6-7-25-23(19-24)21-36(30(25)40)26-8-9-27(37)32-29(26)39/h6-7,19,22,26H,4-5,8-18,20-21H2,1-3H3,(H,32,37,39). The van der Waals surface area contributed by atoms with E-state index in [1.54, 1.807) is 4.90 Å². The molecule has 0 aromatic heterocycles. The van der Waals surface area contributed by atoms with E-state index in [1.165, 1.54) is 12.8 Å². The quantitative estimate of drug-likeness (QED) is 0.378. The van der Waals surface area contributed by atoms with Crippen LogP contribution in [0.4, 0.5) is 5.69 Å². The Labute approximate surface area is 243 Å². The summed E-state index contributed by atoms with van der Waals surface area (Å²) in [6, 6.07) is 5.45. The second-order valence-electron chi connectivity index (χ2n) is 13.0.